The number of hydrogen-bond acceptors (Lipinski definition) is 8. The molecule has 0 bridgehead atoms. The Morgan fingerprint density at radius 2 is 2.08 bits per heavy atom. The van der Waals surface area contributed by atoms with Crippen LogP contribution in [0.4, 0.5) is 5.95 Å². The van der Waals surface area contributed by atoms with Gasteiger partial charge in [-0.3, -0.25) is 19.4 Å². The zero-order valence-corrected chi connectivity index (χ0v) is 15.7. The van der Waals surface area contributed by atoms with E-state index in [4.69, 9.17) is 5.73 Å². The summed E-state index contributed by atoms with van der Waals surface area (Å²) in [5, 5.41) is -0.157. The summed E-state index contributed by atoms with van der Waals surface area (Å²) in [4.78, 5) is 45.4. The number of rotatable bonds is 9. The first-order chi connectivity index (χ1) is 12.4. The molecule has 0 radical (unpaired) electrons. The number of methoxy groups -OCH3 is 1. The number of imidazole rings is 1. The molecular formula is C16H23N5O4S. The number of unbranched alkanes of at least 4 members (excludes halogenated alkanes) is 3. The summed E-state index contributed by atoms with van der Waals surface area (Å²) in [6.45, 7) is 2.25. The molecule has 10 heteroatoms. The number of fused-ring (bicyclic) bond motifs is 1. The largest absolute Gasteiger partial charge is 0.468 e. The fraction of sp³-hybridized carbons (Fsp3) is 0.562. The fourth-order valence-corrected chi connectivity index (χ4v) is 3.34. The van der Waals surface area contributed by atoms with Gasteiger partial charge in [-0.25, -0.2) is 4.98 Å². The average Bonchev–Trinajstić information content (AvgIpc) is 3.02. The smallest absolute Gasteiger partial charge is 0.316 e. The van der Waals surface area contributed by atoms with Crippen LogP contribution < -0.4 is 11.3 Å². The number of hydrogen-bond donors (Lipinski definition) is 2. The number of nitrogens with two attached hydrogens (primary N) is 1. The summed E-state index contributed by atoms with van der Waals surface area (Å²) in [6.07, 6.45) is 5.32. The summed E-state index contributed by atoms with van der Waals surface area (Å²) in [6, 6.07) is 0. The van der Waals surface area contributed by atoms with Crippen molar-refractivity contribution in [2.75, 3.05) is 18.6 Å². The second-order valence-electron chi connectivity index (χ2n) is 5.89. The highest BCUT2D eigenvalue weighted by Gasteiger charge is 2.21. The van der Waals surface area contributed by atoms with Crippen LogP contribution in [0.3, 0.4) is 0 Å². The van der Waals surface area contributed by atoms with E-state index in [9.17, 15) is 14.4 Å². The van der Waals surface area contributed by atoms with Crippen molar-refractivity contribution in [2.24, 2.45) is 5.92 Å². The van der Waals surface area contributed by atoms with Crippen molar-refractivity contribution in [3.05, 3.63) is 16.7 Å². The Hall–Kier alpha value is -2.36. The standard InChI is InChI=1S/C16H23N5O4S/c1-10(14(23)25-2)15(24)26-8-6-4-3-5-7-21-9-18-11-12(21)19-16(17)20-13(11)22/h9-10H,3-8H2,1-2H3,(H3,17,19,20,22). The summed E-state index contributed by atoms with van der Waals surface area (Å²) in [5.41, 5.74) is 6.01. The summed E-state index contributed by atoms with van der Waals surface area (Å²) >= 11 is 1.17. The molecule has 0 fully saturated rings. The molecule has 2 heterocycles. The maximum Gasteiger partial charge on any atom is 0.316 e. The lowest BCUT2D eigenvalue weighted by molar-refractivity contribution is -0.146. The van der Waals surface area contributed by atoms with E-state index in [2.05, 4.69) is 19.7 Å². The van der Waals surface area contributed by atoms with Crippen LogP contribution in [0.1, 0.15) is 32.6 Å². The van der Waals surface area contributed by atoms with Gasteiger partial charge in [0, 0.05) is 12.3 Å². The van der Waals surface area contributed by atoms with Crippen LogP contribution in [0, 0.1) is 5.92 Å². The van der Waals surface area contributed by atoms with Crippen molar-refractivity contribution >= 4 is 40.0 Å². The molecule has 0 aliphatic rings. The Bertz CT molecular complexity index is 832. The molecule has 1 unspecified atom stereocenters. The Kier molecular flexibility index (Phi) is 7.19. The Morgan fingerprint density at radius 1 is 1.35 bits per heavy atom. The first-order valence-corrected chi connectivity index (χ1v) is 9.37. The van der Waals surface area contributed by atoms with E-state index in [-0.39, 0.29) is 22.1 Å². The number of carbonyl (C=O) groups excluding carboxylic acids is 2. The van der Waals surface area contributed by atoms with Gasteiger partial charge in [0.2, 0.25) is 11.1 Å². The number of aryl methyl sites for hydroxylation is 1. The second-order valence-corrected chi connectivity index (χ2v) is 6.99. The molecule has 1 atom stereocenters. The van der Waals surface area contributed by atoms with Crippen LogP contribution in [0.25, 0.3) is 11.2 Å². The molecule has 0 saturated heterocycles. The van der Waals surface area contributed by atoms with Gasteiger partial charge >= 0.3 is 5.97 Å². The van der Waals surface area contributed by atoms with E-state index >= 15 is 0 Å². The lowest BCUT2D eigenvalue weighted by Gasteiger charge is -2.07. The van der Waals surface area contributed by atoms with Crippen molar-refractivity contribution in [1.82, 2.24) is 19.5 Å². The second kappa shape index (κ2) is 9.37. The molecule has 3 N–H and O–H groups in total. The number of ether oxygens (including phenoxy) is 1. The molecule has 2 aromatic heterocycles. The van der Waals surface area contributed by atoms with Gasteiger partial charge < -0.3 is 15.0 Å². The van der Waals surface area contributed by atoms with Gasteiger partial charge in [-0.1, -0.05) is 24.6 Å². The topological polar surface area (TPSA) is 133 Å². The van der Waals surface area contributed by atoms with Crippen LogP contribution in [0.15, 0.2) is 11.1 Å². The lowest BCUT2D eigenvalue weighted by atomic mass is 10.2. The van der Waals surface area contributed by atoms with Crippen molar-refractivity contribution in [2.45, 2.75) is 39.2 Å². The van der Waals surface area contributed by atoms with E-state index < -0.39 is 11.9 Å². The van der Waals surface area contributed by atoms with Crippen molar-refractivity contribution < 1.29 is 14.3 Å². The zero-order chi connectivity index (χ0) is 19.1. The van der Waals surface area contributed by atoms with Gasteiger partial charge in [0.1, 0.15) is 5.92 Å². The summed E-state index contributed by atoms with van der Waals surface area (Å²) in [7, 11) is 1.28. The van der Waals surface area contributed by atoms with Crippen molar-refractivity contribution in [3.63, 3.8) is 0 Å². The summed E-state index contributed by atoms with van der Waals surface area (Å²) < 4.78 is 6.37. The number of carbonyl (C=O) groups is 2. The Morgan fingerprint density at radius 3 is 2.81 bits per heavy atom. The number of H-pyrrole nitrogens is 1. The number of nitrogen functional groups attached to an aromatic ring is 1. The van der Waals surface area contributed by atoms with Gasteiger partial charge in [-0.15, -0.1) is 0 Å². The molecule has 2 rings (SSSR count). The molecule has 0 saturated carbocycles. The third-order valence-electron chi connectivity index (χ3n) is 3.94. The monoisotopic (exact) mass is 381 g/mol. The van der Waals surface area contributed by atoms with Crippen LogP contribution in [0.2, 0.25) is 0 Å². The molecule has 2 aromatic rings. The van der Waals surface area contributed by atoms with E-state index in [1.165, 1.54) is 18.9 Å². The number of nitrogens with one attached hydrogen (secondary N) is 1. The Balaban J connectivity index is 1.68. The lowest BCUT2D eigenvalue weighted by Crippen LogP contribution is -2.20. The van der Waals surface area contributed by atoms with Gasteiger partial charge in [0.25, 0.3) is 5.56 Å². The molecular weight excluding hydrogens is 358 g/mol. The Labute approximate surface area is 154 Å². The molecule has 0 aliphatic carbocycles. The maximum atomic E-state index is 11.8. The number of thioether (sulfide) groups is 1. The number of esters is 1. The minimum absolute atomic E-state index is 0.0760. The third kappa shape index (κ3) is 5.07. The third-order valence-corrected chi connectivity index (χ3v) is 5.07. The minimum atomic E-state index is -0.720. The molecule has 0 aromatic carbocycles. The predicted molar refractivity (Wildman–Crippen MR) is 99.7 cm³/mol. The highest BCUT2D eigenvalue weighted by molar-refractivity contribution is 8.13. The zero-order valence-electron chi connectivity index (χ0n) is 14.9. The minimum Gasteiger partial charge on any atom is -0.468 e. The van der Waals surface area contributed by atoms with Gasteiger partial charge in [0.05, 0.1) is 13.4 Å². The molecule has 0 amide bonds. The number of aromatic amines is 1. The van der Waals surface area contributed by atoms with Crippen molar-refractivity contribution in [3.8, 4) is 0 Å². The summed E-state index contributed by atoms with van der Waals surface area (Å²) in [5.74, 6) is -0.459. The van der Waals surface area contributed by atoms with Crippen LogP contribution >= 0.6 is 11.8 Å². The molecule has 0 aliphatic heterocycles. The number of nitrogens with zero attached hydrogens (tertiary/aromatic N) is 3. The van der Waals surface area contributed by atoms with E-state index in [1.54, 1.807) is 13.3 Å². The van der Waals surface area contributed by atoms with Gasteiger partial charge in [-0.05, 0) is 19.8 Å². The SMILES string of the molecule is COC(=O)C(C)C(=O)SCCCCCCn1cnc2c(=O)[nH]c(N)nc21. The normalized spacial score (nSPS) is 12.2. The first-order valence-electron chi connectivity index (χ1n) is 8.39. The first kappa shape index (κ1) is 20.0. The van der Waals surface area contributed by atoms with Crippen molar-refractivity contribution in [1.29, 1.82) is 0 Å². The van der Waals surface area contributed by atoms with Crippen LogP contribution in [0.5, 0.6) is 0 Å². The quantitative estimate of drug-likeness (QED) is 0.377. The van der Waals surface area contributed by atoms with Gasteiger partial charge in [-0.2, -0.15) is 4.98 Å². The number of anilines is 1. The van der Waals surface area contributed by atoms with E-state index in [0.29, 0.717) is 17.9 Å². The van der Waals surface area contributed by atoms with Gasteiger partial charge in [0.15, 0.2) is 11.2 Å². The predicted octanol–water partition coefficient (Wildman–Crippen LogP) is 1.33. The van der Waals surface area contributed by atoms with E-state index in [1.807, 2.05) is 4.57 Å². The highest BCUT2D eigenvalue weighted by Crippen LogP contribution is 2.15. The molecule has 0 spiro atoms. The van der Waals surface area contributed by atoms with Crippen LogP contribution in [-0.4, -0.2) is 43.5 Å². The fourth-order valence-electron chi connectivity index (χ4n) is 2.44. The van der Waals surface area contributed by atoms with E-state index in [0.717, 1.165) is 25.7 Å². The highest BCUT2D eigenvalue weighted by atomic mass is 32.2. The van der Waals surface area contributed by atoms with Crippen LogP contribution in [-0.2, 0) is 20.9 Å². The molecule has 142 valence electrons. The molecule has 9 nitrogen and oxygen atoms in total. The number of aromatic nitrogens is 4. The average molecular weight is 381 g/mol. The maximum absolute atomic E-state index is 11.8. The molecule has 26 heavy (non-hydrogen) atoms.